The molecular formula is C46H57N13O6. The summed E-state index contributed by atoms with van der Waals surface area (Å²) >= 11 is 0. The smallest absolute Gasteiger partial charge is 0.272 e. The van der Waals surface area contributed by atoms with Gasteiger partial charge in [0.2, 0.25) is 5.91 Å². The second kappa shape index (κ2) is 20.7. The lowest BCUT2D eigenvalue weighted by atomic mass is 10.1. The third kappa shape index (κ3) is 12.3. The van der Waals surface area contributed by atoms with Crippen LogP contribution in [0.4, 0.5) is 22.7 Å². The standard InChI is InChI=1S/C46H57N13O6/c1-54(2)17-9-15-47-43(62)37-22-33(27-56(37)5)51-45(64)39-21-31(25-58(39)7)49-41(60)14-12-29-11-13-30-20-36(53-35(30)19-29)42(61)50-32-24-40(59(8)26-32)46(65)52-34-23-38(57(6)28-34)44(63)48-16-10-18-55(3)4/h11-14,19-28,53H,9-10,15-18H2,1-8H3,(H,47,62)(H,48,63)(H,49,60)(H,50,61)(H,51,64)(H,52,65)/b14-12+. The molecule has 19 heteroatoms. The van der Waals surface area contributed by atoms with Crippen LogP contribution in [-0.2, 0) is 33.0 Å². The van der Waals surface area contributed by atoms with Gasteiger partial charge in [-0.25, -0.2) is 0 Å². The Hall–Kier alpha value is -7.64. The van der Waals surface area contributed by atoms with E-state index in [0.29, 0.717) is 75.4 Å². The number of fused-ring (bicyclic) bond motifs is 1. The number of anilines is 4. The molecule has 6 rings (SSSR count). The Balaban J connectivity index is 1.00. The summed E-state index contributed by atoms with van der Waals surface area (Å²) in [5.41, 5.74) is 4.80. The molecule has 342 valence electrons. The summed E-state index contributed by atoms with van der Waals surface area (Å²) in [6.07, 6.45) is 11.2. The van der Waals surface area contributed by atoms with E-state index in [4.69, 9.17) is 0 Å². The van der Waals surface area contributed by atoms with E-state index < -0.39 is 23.6 Å². The van der Waals surface area contributed by atoms with Gasteiger partial charge in [0.15, 0.2) is 0 Å². The number of amides is 6. The normalized spacial score (nSPS) is 11.4. The van der Waals surface area contributed by atoms with Crippen molar-refractivity contribution in [3.8, 4) is 0 Å². The first kappa shape index (κ1) is 46.9. The van der Waals surface area contributed by atoms with E-state index in [9.17, 15) is 28.8 Å². The number of aromatic amines is 1. The summed E-state index contributed by atoms with van der Waals surface area (Å²) in [6.45, 7) is 2.77. The molecule has 65 heavy (non-hydrogen) atoms. The van der Waals surface area contributed by atoms with Gasteiger partial charge in [-0.05, 0) is 102 Å². The van der Waals surface area contributed by atoms with Gasteiger partial charge in [-0.1, -0.05) is 12.1 Å². The number of carbonyl (C=O) groups excluding carboxylic acids is 6. The summed E-state index contributed by atoms with van der Waals surface area (Å²) in [7, 11) is 14.7. The number of nitrogens with zero attached hydrogens (tertiary/aromatic N) is 6. The van der Waals surface area contributed by atoms with Crippen molar-refractivity contribution in [1.82, 2.24) is 43.7 Å². The molecule has 7 N–H and O–H groups in total. The molecule has 6 amide bonds. The van der Waals surface area contributed by atoms with Crippen LogP contribution in [0, 0.1) is 0 Å². The first-order valence-corrected chi connectivity index (χ1v) is 21.0. The Morgan fingerprint density at radius 1 is 0.538 bits per heavy atom. The third-order valence-electron chi connectivity index (χ3n) is 10.4. The lowest BCUT2D eigenvalue weighted by Crippen LogP contribution is -2.28. The fourth-order valence-electron chi connectivity index (χ4n) is 7.13. The number of aryl methyl sites for hydroxylation is 4. The van der Waals surface area contributed by atoms with E-state index in [1.807, 2.05) is 50.1 Å². The minimum absolute atomic E-state index is 0.233. The Morgan fingerprint density at radius 3 is 1.40 bits per heavy atom. The number of H-pyrrole nitrogens is 1. The lowest BCUT2D eigenvalue weighted by molar-refractivity contribution is -0.111. The Labute approximate surface area is 376 Å². The molecule has 0 fully saturated rings. The number of hydrogen-bond acceptors (Lipinski definition) is 8. The third-order valence-corrected chi connectivity index (χ3v) is 10.4. The average Bonchev–Trinajstić information content (AvgIpc) is 4.08. The molecule has 0 unspecified atom stereocenters. The van der Waals surface area contributed by atoms with Gasteiger partial charge in [0.1, 0.15) is 28.5 Å². The molecule has 0 spiro atoms. The van der Waals surface area contributed by atoms with Gasteiger partial charge in [0.25, 0.3) is 29.5 Å². The topological polar surface area (TPSA) is 217 Å². The number of aromatic nitrogens is 5. The second-order valence-corrected chi connectivity index (χ2v) is 16.4. The quantitative estimate of drug-likeness (QED) is 0.0459. The maximum atomic E-state index is 13.3. The molecule has 5 heterocycles. The van der Waals surface area contributed by atoms with Gasteiger partial charge < -0.3 is 65.0 Å². The van der Waals surface area contributed by atoms with Crippen LogP contribution in [-0.4, -0.2) is 123 Å². The van der Waals surface area contributed by atoms with Crippen LogP contribution < -0.4 is 31.9 Å². The molecule has 0 aliphatic heterocycles. The lowest BCUT2D eigenvalue weighted by Gasteiger charge is -2.10. The molecule has 0 aliphatic rings. The van der Waals surface area contributed by atoms with E-state index in [1.54, 1.807) is 114 Å². The molecule has 0 saturated carbocycles. The van der Waals surface area contributed by atoms with Crippen molar-refractivity contribution >= 4 is 75.2 Å². The van der Waals surface area contributed by atoms with E-state index in [0.717, 1.165) is 31.3 Å². The zero-order valence-electron chi connectivity index (χ0n) is 38.0. The SMILES string of the molecule is CN(C)CCCNC(=O)c1cc(NC(=O)c2cc(NC(=O)/C=C/c3ccc4cc(C(=O)Nc5cc(C(=O)Nc6cc(C(=O)NCCCN(C)C)n(C)c6)n(C)c5)[nH]c4c3)cn2C)cn1C. The van der Waals surface area contributed by atoms with E-state index in [2.05, 4.69) is 36.9 Å². The van der Waals surface area contributed by atoms with Crippen molar-refractivity contribution in [2.45, 2.75) is 12.8 Å². The molecule has 0 bridgehead atoms. The molecule has 19 nitrogen and oxygen atoms in total. The molecule has 0 radical (unpaired) electrons. The van der Waals surface area contributed by atoms with E-state index >= 15 is 0 Å². The summed E-state index contributed by atoms with van der Waals surface area (Å²) in [4.78, 5) is 85.3. The van der Waals surface area contributed by atoms with Crippen LogP contribution in [0.3, 0.4) is 0 Å². The van der Waals surface area contributed by atoms with Crippen LogP contribution in [0.2, 0.25) is 0 Å². The van der Waals surface area contributed by atoms with Crippen molar-refractivity contribution in [1.29, 1.82) is 0 Å². The predicted molar refractivity (Wildman–Crippen MR) is 252 cm³/mol. The number of rotatable bonds is 19. The van der Waals surface area contributed by atoms with Crippen molar-refractivity contribution in [3.63, 3.8) is 0 Å². The highest BCUT2D eigenvalue weighted by Gasteiger charge is 2.20. The zero-order valence-corrected chi connectivity index (χ0v) is 38.0. The number of hydrogen-bond donors (Lipinski definition) is 7. The van der Waals surface area contributed by atoms with Crippen LogP contribution in [0.25, 0.3) is 17.0 Å². The zero-order chi connectivity index (χ0) is 46.9. The van der Waals surface area contributed by atoms with Gasteiger partial charge in [-0.15, -0.1) is 0 Å². The van der Waals surface area contributed by atoms with Gasteiger partial charge in [-0.3, -0.25) is 28.8 Å². The molecular weight excluding hydrogens is 831 g/mol. The summed E-state index contributed by atoms with van der Waals surface area (Å²) in [5.74, 6) is -2.14. The monoisotopic (exact) mass is 887 g/mol. The highest BCUT2D eigenvalue weighted by atomic mass is 16.2. The highest BCUT2D eigenvalue weighted by molar-refractivity contribution is 6.09. The Morgan fingerprint density at radius 2 is 0.954 bits per heavy atom. The first-order chi connectivity index (χ1) is 30.9. The number of nitrogens with one attached hydrogen (secondary N) is 7. The van der Waals surface area contributed by atoms with E-state index in [1.165, 1.54) is 6.08 Å². The van der Waals surface area contributed by atoms with Gasteiger partial charge in [-0.2, -0.15) is 0 Å². The van der Waals surface area contributed by atoms with Crippen LogP contribution in [0.5, 0.6) is 0 Å². The minimum Gasteiger partial charge on any atom is -0.351 e. The van der Waals surface area contributed by atoms with E-state index in [-0.39, 0.29) is 11.8 Å². The largest absolute Gasteiger partial charge is 0.351 e. The van der Waals surface area contributed by atoms with Crippen molar-refractivity contribution in [2.24, 2.45) is 28.2 Å². The maximum Gasteiger partial charge on any atom is 0.272 e. The molecule has 1 aromatic carbocycles. The Kier molecular flexibility index (Phi) is 14.9. The van der Waals surface area contributed by atoms with Crippen molar-refractivity contribution in [3.05, 3.63) is 113 Å². The van der Waals surface area contributed by atoms with Crippen LogP contribution in [0.15, 0.2) is 79.4 Å². The predicted octanol–water partition coefficient (Wildman–Crippen LogP) is 4.29. The van der Waals surface area contributed by atoms with Gasteiger partial charge >= 0.3 is 0 Å². The van der Waals surface area contributed by atoms with Crippen molar-refractivity contribution in [2.75, 3.05) is 75.6 Å². The molecule has 0 saturated heterocycles. The van der Waals surface area contributed by atoms with Gasteiger partial charge in [0.05, 0.1) is 22.7 Å². The first-order valence-electron chi connectivity index (χ1n) is 21.0. The van der Waals surface area contributed by atoms with Crippen molar-refractivity contribution < 1.29 is 28.8 Å². The van der Waals surface area contributed by atoms with Crippen LogP contribution in [0.1, 0.15) is 70.8 Å². The summed E-state index contributed by atoms with van der Waals surface area (Å²) in [6, 6.07) is 13.5. The number of carbonyl (C=O) groups is 6. The number of benzene rings is 1. The fraction of sp³-hybridized carbons (Fsp3) is 0.304. The molecule has 0 atom stereocenters. The second-order valence-electron chi connectivity index (χ2n) is 16.4. The summed E-state index contributed by atoms with van der Waals surface area (Å²) < 4.78 is 6.49. The molecule has 6 aromatic rings. The minimum atomic E-state index is -0.419. The maximum absolute atomic E-state index is 13.3. The molecule has 5 aromatic heterocycles. The van der Waals surface area contributed by atoms with Gasteiger partial charge in [0, 0.05) is 83.0 Å². The summed E-state index contributed by atoms with van der Waals surface area (Å²) in [5, 5.41) is 17.8. The fourth-order valence-corrected chi connectivity index (χ4v) is 7.13. The average molecular weight is 888 g/mol. The molecule has 0 aliphatic carbocycles. The Bertz CT molecular complexity index is 2760. The highest BCUT2D eigenvalue weighted by Crippen LogP contribution is 2.22. The van der Waals surface area contributed by atoms with Crippen LogP contribution >= 0.6 is 0 Å².